The van der Waals surface area contributed by atoms with E-state index in [0.717, 1.165) is 10.8 Å². The second kappa shape index (κ2) is 42.3. The first-order chi connectivity index (χ1) is 51.6. The molecule has 1 fully saturated rings. The number of rotatable bonds is 44. The molecule has 1 aliphatic heterocycles. The van der Waals surface area contributed by atoms with E-state index < -0.39 is 132 Å². The fraction of sp³-hybridized carbons (Fsp3) is 0.500. The van der Waals surface area contributed by atoms with Crippen molar-refractivity contribution in [2.45, 2.75) is 191 Å². The van der Waals surface area contributed by atoms with Gasteiger partial charge in [-0.05, 0) is 129 Å². The van der Waals surface area contributed by atoms with Crippen LogP contribution >= 0.6 is 11.6 Å². The fourth-order valence-corrected chi connectivity index (χ4v) is 12.3. The highest BCUT2D eigenvalue weighted by Crippen LogP contribution is 2.23. The molecule has 0 saturated carbocycles. The third-order valence-corrected chi connectivity index (χ3v) is 18.0. The largest absolute Gasteiger partial charge is 0.394 e. The predicted octanol–water partition coefficient (Wildman–Crippen LogP) is 0.187. The summed E-state index contributed by atoms with van der Waals surface area (Å²) >= 11 is 6.25. The van der Waals surface area contributed by atoms with Crippen molar-refractivity contribution in [3.63, 3.8) is 0 Å². The number of nitrogens with zero attached hydrogens (tertiary/aromatic N) is 6. The molecule has 584 valence electrons. The van der Waals surface area contributed by atoms with Gasteiger partial charge in [0.15, 0.2) is 0 Å². The van der Waals surface area contributed by atoms with Gasteiger partial charge in [0, 0.05) is 69.3 Å². The Kier molecular flexibility index (Phi) is 33.0. The standard InChI is InChI=1S/C72H102ClN23O12/c1-40(2)33-53(62(102)85-52(18-9-10-29-78-41(3)4)68(108)96-32-14-21-58(96)67(107)81-42(5)59(74)99)86-61(101)51(20-13-31-80-72-91-70(76)93-95-72)83-60(100)50(19-12-30-79-71-90-69(75)92-94-71)84-66(106)57(39-97)89-65(105)56(37-46-15-11-28-77-38-46)88-64(104)55(35-44-23-26-49(73)27-24-44)87-63(103)54(82-43(6)98)36-45-22-25-47-16-7-8-17-48(47)34-45/h7-8,11,15-17,22-28,34,38,40-42,50-58,78,97H,9-10,12-14,18-21,29-33,35-37,39H2,1-6H3,(H2,74,99)(H,81,107)(H,82,98)(H,83,100)(H,84,106)(H,85,102)(H,86,101)(H,87,103)(H,88,104)(H,89,105)(H4,75,79,90,92,94)(H4,76,80,91,93,95)/t42-,50-,51-,52-,53-,54+,55-,56+,57-,58+/m0/s1. The minimum absolute atomic E-state index is 0.0119. The molecule has 35 nitrogen and oxygen atoms in total. The first-order valence-electron chi connectivity index (χ1n) is 36.2. The molecule has 3 aromatic carbocycles. The van der Waals surface area contributed by atoms with Gasteiger partial charge in [-0.3, -0.25) is 57.7 Å². The third-order valence-electron chi connectivity index (χ3n) is 17.8. The molecular weight excluding hydrogens is 1410 g/mol. The lowest BCUT2D eigenvalue weighted by Crippen LogP contribution is -2.61. The Balaban J connectivity index is 1.13. The van der Waals surface area contributed by atoms with Gasteiger partial charge < -0.3 is 91.0 Å². The molecule has 0 unspecified atom stereocenters. The SMILES string of the molecule is CC(=O)N[C@H](Cc1ccc2ccccc2c1)C(=O)N[C@@H](Cc1ccc(Cl)cc1)C(=O)N[C@H](Cc1cccnc1)C(=O)N[C@@H](CO)C(=O)N[C@@H](CCCNc1n[nH]c(N)n1)C(=O)N[C@@H](CCCNc1n[nH]c(N)n1)C(=O)N[C@@H](CC(C)C)C(=O)N[C@@H](CCCCNC(C)C)C(=O)N1CCC[C@@H]1C(=O)N[C@@H](C)C(N)=O. The summed E-state index contributed by atoms with van der Waals surface area (Å²) in [6.45, 7) is 10.3. The average molecular weight is 1520 g/mol. The van der Waals surface area contributed by atoms with Gasteiger partial charge in [-0.25, -0.2) is 10.2 Å². The van der Waals surface area contributed by atoms with E-state index in [1.54, 1.807) is 36.4 Å². The van der Waals surface area contributed by atoms with Crippen LogP contribution in [-0.2, 0) is 72.0 Å². The van der Waals surface area contributed by atoms with Gasteiger partial charge >= 0.3 is 0 Å². The summed E-state index contributed by atoms with van der Waals surface area (Å²) in [6, 6.07) is 9.76. The number of carbonyl (C=O) groups excluding carboxylic acids is 11. The molecule has 7 rings (SSSR count). The van der Waals surface area contributed by atoms with Crippen molar-refractivity contribution < 1.29 is 57.8 Å². The van der Waals surface area contributed by atoms with Crippen LogP contribution in [0, 0.1) is 5.92 Å². The number of likely N-dealkylation sites (tertiary alicyclic amines) is 1. The highest BCUT2D eigenvalue weighted by molar-refractivity contribution is 6.30. The van der Waals surface area contributed by atoms with Crippen LogP contribution in [-0.4, -0.2) is 210 Å². The van der Waals surface area contributed by atoms with Crippen molar-refractivity contribution in [1.29, 1.82) is 0 Å². The Labute approximate surface area is 630 Å². The lowest BCUT2D eigenvalue weighted by atomic mass is 9.99. The van der Waals surface area contributed by atoms with E-state index in [4.69, 9.17) is 28.8 Å². The molecule has 4 heterocycles. The van der Waals surface area contributed by atoms with E-state index >= 15 is 4.79 Å². The topological polar surface area (TPSA) is 530 Å². The summed E-state index contributed by atoms with van der Waals surface area (Å²) in [6.07, 6.45) is 4.60. The highest BCUT2D eigenvalue weighted by Gasteiger charge is 2.40. The van der Waals surface area contributed by atoms with Crippen LogP contribution in [0.3, 0.4) is 0 Å². The summed E-state index contributed by atoms with van der Waals surface area (Å²) in [5, 5.41) is 60.0. The molecule has 21 N–H and O–H groups in total. The number of aliphatic hydroxyl groups excluding tert-OH is 1. The molecule has 1 saturated heterocycles. The van der Waals surface area contributed by atoms with E-state index in [9.17, 15) is 53.1 Å². The van der Waals surface area contributed by atoms with Crippen LogP contribution in [0.4, 0.5) is 23.8 Å². The van der Waals surface area contributed by atoms with Crippen LogP contribution in [0.1, 0.15) is 122 Å². The number of H-pyrrole nitrogens is 2. The smallest absolute Gasteiger partial charge is 0.245 e. The number of hydrogen-bond donors (Lipinski definition) is 18. The summed E-state index contributed by atoms with van der Waals surface area (Å²) in [4.78, 5) is 170. The first-order valence-corrected chi connectivity index (χ1v) is 36.6. The number of amides is 11. The summed E-state index contributed by atoms with van der Waals surface area (Å²) < 4.78 is 0. The number of anilines is 4. The number of aliphatic hydroxyl groups is 1. The average Bonchev–Trinajstić information content (AvgIpc) is 1.56. The Bertz CT molecular complexity index is 4000. The number of nitrogen functional groups attached to an aromatic ring is 2. The number of nitrogens with one attached hydrogen (secondary N) is 14. The van der Waals surface area contributed by atoms with Gasteiger partial charge in [0.05, 0.1) is 6.61 Å². The predicted molar refractivity (Wildman–Crippen MR) is 404 cm³/mol. The summed E-state index contributed by atoms with van der Waals surface area (Å²) in [5.74, 6) is -8.51. The number of primary amides is 1. The molecule has 36 heteroatoms. The molecule has 0 aliphatic carbocycles. The molecule has 6 aromatic rings. The number of benzene rings is 3. The Morgan fingerprint density at radius 1 is 0.556 bits per heavy atom. The van der Waals surface area contributed by atoms with Crippen LogP contribution in [0.5, 0.6) is 0 Å². The lowest BCUT2D eigenvalue weighted by Gasteiger charge is -2.31. The van der Waals surface area contributed by atoms with E-state index in [1.807, 2.05) is 70.2 Å². The zero-order chi connectivity index (χ0) is 78.4. The second-order valence-corrected chi connectivity index (χ2v) is 27.9. The van der Waals surface area contributed by atoms with Gasteiger partial charge in [0.2, 0.25) is 88.8 Å². The maximum absolute atomic E-state index is 15.0. The number of carbonyl (C=O) groups is 11. The van der Waals surface area contributed by atoms with E-state index in [1.165, 1.54) is 31.1 Å². The monoisotopic (exact) mass is 1520 g/mol. The molecule has 1 aliphatic rings. The highest BCUT2D eigenvalue weighted by atomic mass is 35.5. The Morgan fingerprint density at radius 3 is 1.59 bits per heavy atom. The van der Waals surface area contributed by atoms with Crippen molar-refractivity contribution in [3.05, 3.63) is 113 Å². The maximum Gasteiger partial charge on any atom is 0.245 e. The molecule has 3 aromatic heterocycles. The Morgan fingerprint density at radius 2 is 1.06 bits per heavy atom. The molecule has 11 amide bonds. The zero-order valence-electron chi connectivity index (χ0n) is 61.5. The Hall–Kier alpha value is -11.1. The molecule has 108 heavy (non-hydrogen) atoms. The third kappa shape index (κ3) is 27.4. The number of nitrogens with two attached hydrogens (primary N) is 3. The van der Waals surface area contributed by atoms with Gasteiger partial charge in [-0.15, -0.1) is 10.2 Å². The first kappa shape index (κ1) is 84.2. The van der Waals surface area contributed by atoms with E-state index in [-0.39, 0.29) is 120 Å². The number of pyridine rings is 1. The summed E-state index contributed by atoms with van der Waals surface area (Å²) in [7, 11) is 0. The van der Waals surface area contributed by atoms with Crippen LogP contribution < -0.4 is 81.0 Å². The molecule has 10 atom stereocenters. The number of hydrogen-bond acceptors (Lipinski definition) is 22. The molecule has 0 bridgehead atoms. The van der Waals surface area contributed by atoms with Gasteiger partial charge in [-0.2, -0.15) is 9.97 Å². The van der Waals surface area contributed by atoms with Crippen molar-refractivity contribution in [2.75, 3.05) is 54.9 Å². The van der Waals surface area contributed by atoms with Gasteiger partial charge in [-0.1, -0.05) is 100.0 Å². The minimum atomic E-state index is -1.81. The molecule has 0 spiro atoms. The number of fused-ring (bicyclic) bond motifs is 1. The van der Waals surface area contributed by atoms with Crippen LogP contribution in [0.2, 0.25) is 5.02 Å². The number of aromatic amines is 2. The van der Waals surface area contributed by atoms with Crippen molar-refractivity contribution in [1.82, 2.24) is 93.4 Å². The molecular formula is C72H102ClN23O12. The number of aromatic nitrogens is 7. The quantitative estimate of drug-likeness (QED) is 0.0227. The van der Waals surface area contributed by atoms with Crippen LogP contribution in [0.15, 0.2) is 91.3 Å². The second-order valence-electron chi connectivity index (χ2n) is 27.4. The normalized spacial score (nSPS) is 15.2. The number of unbranched alkanes of at least 4 members (excludes halogenated alkanes) is 1. The van der Waals surface area contributed by atoms with Crippen LogP contribution in [0.25, 0.3) is 10.8 Å². The molecule has 0 radical (unpaired) electrons. The van der Waals surface area contributed by atoms with Crippen molar-refractivity contribution in [3.8, 4) is 0 Å². The minimum Gasteiger partial charge on any atom is -0.394 e. The fourth-order valence-electron chi connectivity index (χ4n) is 12.2. The van der Waals surface area contributed by atoms with Crippen molar-refractivity contribution >= 4 is 111 Å². The van der Waals surface area contributed by atoms with Gasteiger partial charge in [0.25, 0.3) is 0 Å². The van der Waals surface area contributed by atoms with Crippen molar-refractivity contribution in [2.24, 2.45) is 11.7 Å². The maximum atomic E-state index is 15.0. The number of halogens is 1. The van der Waals surface area contributed by atoms with E-state index in [2.05, 4.69) is 99.1 Å². The zero-order valence-corrected chi connectivity index (χ0v) is 62.3. The lowest BCUT2D eigenvalue weighted by molar-refractivity contribution is -0.142. The summed E-state index contributed by atoms with van der Waals surface area (Å²) in [5.41, 5.74) is 18.7. The van der Waals surface area contributed by atoms with Gasteiger partial charge in [0.1, 0.15) is 60.4 Å². The van der Waals surface area contributed by atoms with E-state index in [0.29, 0.717) is 47.5 Å².